The molecule has 74 valence electrons. The van der Waals surface area contributed by atoms with E-state index < -0.39 is 11.1 Å². The maximum atomic E-state index is 10.6. The van der Waals surface area contributed by atoms with Crippen LogP contribution in [0.15, 0.2) is 27.7 Å². The standard InChI is InChI=1S/C8H4Cl2O3S.Li/c9-5-1-2-6-4(8(5)10)3-7(13-6)14(11)12;/h1-3H,(H,11,12);/q;+1/p-1. The topological polar surface area (TPSA) is 53.3 Å². The summed E-state index contributed by atoms with van der Waals surface area (Å²) in [6.45, 7) is 0. The van der Waals surface area contributed by atoms with Gasteiger partial charge in [-0.3, -0.25) is 4.21 Å². The molecule has 0 bridgehead atoms. The van der Waals surface area contributed by atoms with Crippen molar-refractivity contribution in [3.8, 4) is 0 Å². The quantitative estimate of drug-likeness (QED) is 0.533. The molecule has 0 aliphatic rings. The van der Waals surface area contributed by atoms with E-state index in [1.165, 1.54) is 6.07 Å². The molecule has 0 N–H and O–H groups in total. The number of halogens is 2. The van der Waals surface area contributed by atoms with Crippen LogP contribution >= 0.6 is 23.2 Å². The smallest absolute Gasteiger partial charge is 0.766 e. The summed E-state index contributed by atoms with van der Waals surface area (Å²) in [7, 11) is 0. The van der Waals surface area contributed by atoms with Crippen molar-refractivity contribution in [1.29, 1.82) is 0 Å². The fourth-order valence-electron chi connectivity index (χ4n) is 1.11. The summed E-state index contributed by atoms with van der Waals surface area (Å²) in [6.07, 6.45) is 0. The number of hydrogen-bond donors (Lipinski definition) is 0. The van der Waals surface area contributed by atoms with Gasteiger partial charge < -0.3 is 8.97 Å². The van der Waals surface area contributed by atoms with Gasteiger partial charge in [-0.2, -0.15) is 0 Å². The van der Waals surface area contributed by atoms with Crippen LogP contribution in [0.1, 0.15) is 0 Å². The Morgan fingerprint density at radius 1 is 1.33 bits per heavy atom. The first-order valence-electron chi connectivity index (χ1n) is 3.56. The molecule has 1 heterocycles. The average Bonchev–Trinajstić information content (AvgIpc) is 2.56. The molecule has 1 aromatic carbocycles. The Bertz CT molecular complexity index is 526. The van der Waals surface area contributed by atoms with Gasteiger partial charge in [-0.05, 0) is 12.1 Å². The predicted octanol–water partition coefficient (Wildman–Crippen LogP) is -0.0184. The van der Waals surface area contributed by atoms with Crippen LogP contribution < -0.4 is 18.9 Å². The Kier molecular flexibility index (Phi) is 4.30. The summed E-state index contributed by atoms with van der Waals surface area (Å²) >= 11 is 9.21. The summed E-state index contributed by atoms with van der Waals surface area (Å²) in [4.78, 5) is 0. The van der Waals surface area contributed by atoms with Gasteiger partial charge in [-0.15, -0.1) is 0 Å². The largest absolute Gasteiger partial charge is 1.00 e. The second kappa shape index (κ2) is 4.92. The van der Waals surface area contributed by atoms with E-state index in [2.05, 4.69) is 0 Å². The molecule has 0 radical (unpaired) electrons. The normalized spacial score (nSPS) is 12.5. The summed E-state index contributed by atoms with van der Waals surface area (Å²) in [6, 6.07) is 4.46. The molecule has 0 saturated carbocycles. The molecule has 0 spiro atoms. The van der Waals surface area contributed by atoms with Gasteiger partial charge in [0.25, 0.3) is 0 Å². The molecule has 0 amide bonds. The number of fused-ring (bicyclic) bond motifs is 1. The first kappa shape index (κ1) is 13.1. The third-order valence-electron chi connectivity index (χ3n) is 1.73. The van der Waals surface area contributed by atoms with Crippen molar-refractivity contribution in [2.24, 2.45) is 0 Å². The van der Waals surface area contributed by atoms with E-state index in [1.807, 2.05) is 0 Å². The summed E-state index contributed by atoms with van der Waals surface area (Å²) in [5.74, 6) is 0. The van der Waals surface area contributed by atoms with E-state index in [1.54, 1.807) is 12.1 Å². The molecule has 1 unspecified atom stereocenters. The van der Waals surface area contributed by atoms with Crippen molar-refractivity contribution in [2.45, 2.75) is 5.09 Å². The molecule has 1 aromatic heterocycles. The van der Waals surface area contributed by atoms with Crippen LogP contribution in [-0.2, 0) is 11.1 Å². The van der Waals surface area contributed by atoms with Gasteiger partial charge in [0.15, 0.2) is 5.09 Å². The van der Waals surface area contributed by atoms with E-state index in [4.69, 9.17) is 27.6 Å². The molecule has 0 aliphatic heterocycles. The fraction of sp³-hybridized carbons (Fsp3) is 0. The SMILES string of the molecule is O=S([O-])c1cc2c(Cl)c(Cl)ccc2o1.[Li+]. The van der Waals surface area contributed by atoms with Crippen LogP contribution in [0.2, 0.25) is 10.0 Å². The second-order valence-corrected chi connectivity index (χ2v) is 4.23. The third-order valence-corrected chi connectivity index (χ3v) is 3.08. The van der Waals surface area contributed by atoms with Crippen LogP contribution in [0.3, 0.4) is 0 Å². The minimum Gasteiger partial charge on any atom is -0.766 e. The zero-order valence-electron chi connectivity index (χ0n) is 7.62. The Morgan fingerprint density at radius 2 is 2.00 bits per heavy atom. The Balaban J connectivity index is 0.00000112. The van der Waals surface area contributed by atoms with E-state index in [-0.39, 0.29) is 24.0 Å². The van der Waals surface area contributed by atoms with Crippen LogP contribution in [0.25, 0.3) is 11.0 Å². The van der Waals surface area contributed by atoms with Crippen molar-refractivity contribution < 1.29 is 32.0 Å². The number of rotatable bonds is 1. The van der Waals surface area contributed by atoms with Crippen molar-refractivity contribution in [2.75, 3.05) is 0 Å². The molecular weight excluding hydrogens is 254 g/mol. The molecular formula is C8H3Cl2LiO3S. The summed E-state index contributed by atoms with van der Waals surface area (Å²) in [5, 5.41) is 1.01. The minimum atomic E-state index is -2.39. The van der Waals surface area contributed by atoms with Crippen molar-refractivity contribution in [3.63, 3.8) is 0 Å². The van der Waals surface area contributed by atoms with Gasteiger partial charge in [-0.25, -0.2) is 0 Å². The van der Waals surface area contributed by atoms with Crippen LogP contribution in [-0.4, -0.2) is 8.76 Å². The molecule has 2 aromatic rings. The monoisotopic (exact) mass is 256 g/mol. The van der Waals surface area contributed by atoms with Gasteiger partial charge >= 0.3 is 18.9 Å². The van der Waals surface area contributed by atoms with Crippen molar-refractivity contribution >= 4 is 45.3 Å². The molecule has 0 fully saturated rings. The maximum absolute atomic E-state index is 10.6. The summed E-state index contributed by atoms with van der Waals surface area (Å²) in [5.41, 5.74) is 0.401. The van der Waals surface area contributed by atoms with E-state index in [0.717, 1.165) is 0 Å². The fourth-order valence-corrected chi connectivity index (χ4v) is 1.86. The van der Waals surface area contributed by atoms with E-state index in [0.29, 0.717) is 21.0 Å². The molecule has 0 aliphatic carbocycles. The van der Waals surface area contributed by atoms with Crippen LogP contribution in [0.5, 0.6) is 0 Å². The molecule has 3 nitrogen and oxygen atoms in total. The minimum absolute atomic E-state index is 0. The summed E-state index contributed by atoms with van der Waals surface area (Å²) < 4.78 is 26.2. The van der Waals surface area contributed by atoms with Gasteiger partial charge in [0.05, 0.1) is 10.0 Å². The predicted molar refractivity (Wildman–Crippen MR) is 53.4 cm³/mol. The number of benzene rings is 1. The third kappa shape index (κ3) is 2.42. The Labute approximate surface area is 110 Å². The molecule has 0 saturated heterocycles. The first-order chi connectivity index (χ1) is 6.59. The number of furan rings is 1. The van der Waals surface area contributed by atoms with Gasteiger partial charge in [0.1, 0.15) is 5.58 Å². The van der Waals surface area contributed by atoms with Crippen LogP contribution in [0.4, 0.5) is 0 Å². The second-order valence-electron chi connectivity index (χ2n) is 2.57. The van der Waals surface area contributed by atoms with E-state index >= 15 is 0 Å². The molecule has 7 heteroatoms. The zero-order chi connectivity index (χ0) is 10.3. The first-order valence-corrected chi connectivity index (χ1v) is 5.39. The molecule has 15 heavy (non-hydrogen) atoms. The Hall–Kier alpha value is 0.0474. The van der Waals surface area contributed by atoms with Crippen LogP contribution in [0, 0.1) is 0 Å². The molecule has 1 atom stereocenters. The average molecular weight is 257 g/mol. The van der Waals surface area contributed by atoms with Gasteiger partial charge in [-0.1, -0.05) is 23.2 Å². The zero-order valence-corrected chi connectivity index (χ0v) is 9.95. The number of hydrogen-bond acceptors (Lipinski definition) is 3. The molecule has 2 rings (SSSR count). The van der Waals surface area contributed by atoms with Gasteiger partial charge in [0.2, 0.25) is 0 Å². The van der Waals surface area contributed by atoms with Crippen molar-refractivity contribution in [3.05, 3.63) is 28.2 Å². The maximum Gasteiger partial charge on any atom is 1.00 e. The van der Waals surface area contributed by atoms with E-state index in [9.17, 15) is 8.76 Å². The van der Waals surface area contributed by atoms with Gasteiger partial charge in [0, 0.05) is 22.5 Å². The van der Waals surface area contributed by atoms with Crippen molar-refractivity contribution in [1.82, 2.24) is 0 Å². The Morgan fingerprint density at radius 3 is 2.60 bits per heavy atom.